The van der Waals surface area contributed by atoms with E-state index in [9.17, 15) is 18.0 Å². The molecule has 11 nitrogen and oxygen atoms in total. The number of likely N-dealkylation sites (tertiary alicyclic amines) is 1. The van der Waals surface area contributed by atoms with E-state index in [1.165, 1.54) is 16.4 Å². The summed E-state index contributed by atoms with van der Waals surface area (Å²) in [4.78, 5) is 32.8. The Balaban J connectivity index is 1.09. The minimum absolute atomic E-state index is 0.0213. The Morgan fingerprint density at radius 3 is 2.45 bits per heavy atom. The highest BCUT2D eigenvalue weighted by atomic mass is 35.5. The zero-order chi connectivity index (χ0) is 36.4. The van der Waals surface area contributed by atoms with Gasteiger partial charge in [-0.1, -0.05) is 59.6 Å². The molecule has 3 aromatic carbocycles. The summed E-state index contributed by atoms with van der Waals surface area (Å²) in [5.74, 6) is 0.104. The van der Waals surface area contributed by atoms with E-state index in [4.69, 9.17) is 39.1 Å². The molecule has 1 atom stereocenters. The van der Waals surface area contributed by atoms with Crippen molar-refractivity contribution in [2.24, 2.45) is 5.73 Å². The number of para-hydroxylation sites is 1. The molecular weight excluding hydrogens is 711 g/mol. The molecule has 51 heavy (non-hydrogen) atoms. The standard InChI is InChI=1S/C37H40Cl2N6O5S/c1-22-19-23(2)42-35-27(22)5-3-7-31(35)50-21-28-29(38)12-13-32(34(28)39)51(48,49)45-16-4-6-30(45)37(47)43-26-14-17-44(18-15-26)33(46)20-24-8-10-25(11-9-24)36(40)41/h3,5,7-13,19,26,30H,4,6,14-18,20-21H2,1-2H3,(H3,40,41)(H,43,47). The number of nitrogens with one attached hydrogen (secondary N) is 2. The summed E-state index contributed by atoms with van der Waals surface area (Å²) in [6, 6.07) is 16.4. The molecule has 0 bridgehead atoms. The Morgan fingerprint density at radius 2 is 1.75 bits per heavy atom. The number of aryl methyl sites for hydroxylation is 2. The number of piperidine rings is 1. The molecule has 0 aliphatic carbocycles. The lowest BCUT2D eigenvalue weighted by atomic mass is 10.0. The lowest BCUT2D eigenvalue weighted by Gasteiger charge is -2.33. The van der Waals surface area contributed by atoms with Crippen LogP contribution < -0.4 is 15.8 Å². The molecule has 0 saturated carbocycles. The van der Waals surface area contributed by atoms with Gasteiger partial charge in [0.25, 0.3) is 0 Å². The number of nitrogens with two attached hydrogens (primary N) is 1. The average molecular weight is 752 g/mol. The van der Waals surface area contributed by atoms with E-state index in [1.807, 2.05) is 32.0 Å². The fourth-order valence-corrected chi connectivity index (χ4v) is 9.33. The number of rotatable bonds is 10. The number of hydrogen-bond donors (Lipinski definition) is 3. The number of nitrogen functional groups attached to an aromatic ring is 1. The van der Waals surface area contributed by atoms with E-state index >= 15 is 0 Å². The lowest BCUT2D eigenvalue weighted by molar-refractivity contribution is -0.131. The minimum Gasteiger partial charge on any atom is -0.487 e. The van der Waals surface area contributed by atoms with Crippen LogP contribution in [0.4, 0.5) is 0 Å². The van der Waals surface area contributed by atoms with Gasteiger partial charge in [0.2, 0.25) is 21.8 Å². The Labute approximate surface area is 307 Å². The number of nitrogens with zero attached hydrogens (tertiary/aromatic N) is 3. The number of aromatic nitrogens is 1. The fourth-order valence-electron chi connectivity index (χ4n) is 6.81. The van der Waals surface area contributed by atoms with Crippen LogP contribution in [0, 0.1) is 19.3 Å². The van der Waals surface area contributed by atoms with Crippen LogP contribution in [0.5, 0.6) is 5.75 Å². The van der Waals surface area contributed by atoms with Crippen molar-refractivity contribution < 1.29 is 22.7 Å². The predicted molar refractivity (Wildman–Crippen MR) is 198 cm³/mol. The molecule has 268 valence electrons. The van der Waals surface area contributed by atoms with Crippen LogP contribution in [0.15, 0.2) is 65.6 Å². The third kappa shape index (κ3) is 7.84. The number of carbonyl (C=O) groups is 2. The molecule has 2 fully saturated rings. The molecule has 14 heteroatoms. The van der Waals surface area contributed by atoms with E-state index < -0.39 is 16.1 Å². The maximum absolute atomic E-state index is 14.1. The third-order valence-electron chi connectivity index (χ3n) is 9.57. The van der Waals surface area contributed by atoms with Gasteiger partial charge in [-0.3, -0.25) is 15.0 Å². The van der Waals surface area contributed by atoms with Crippen LogP contribution in [0.2, 0.25) is 10.0 Å². The molecule has 1 unspecified atom stereocenters. The Morgan fingerprint density at radius 1 is 1.02 bits per heavy atom. The molecule has 1 aromatic heterocycles. The Kier molecular flexibility index (Phi) is 10.9. The number of fused-ring (bicyclic) bond motifs is 1. The zero-order valence-electron chi connectivity index (χ0n) is 28.4. The first kappa shape index (κ1) is 36.6. The van der Waals surface area contributed by atoms with E-state index in [0.29, 0.717) is 61.2 Å². The van der Waals surface area contributed by atoms with Crippen LogP contribution in [-0.2, 0) is 32.6 Å². The normalized spacial score (nSPS) is 17.1. The van der Waals surface area contributed by atoms with Crippen molar-refractivity contribution in [3.05, 3.63) is 98.7 Å². The van der Waals surface area contributed by atoms with Gasteiger partial charge in [0.1, 0.15) is 34.6 Å². The number of benzene rings is 3. The molecule has 2 aliphatic rings. The molecule has 2 amide bonds. The molecule has 4 N–H and O–H groups in total. The minimum atomic E-state index is -4.19. The number of carbonyl (C=O) groups excluding carboxylic acids is 2. The van der Waals surface area contributed by atoms with Crippen molar-refractivity contribution in [3.63, 3.8) is 0 Å². The lowest BCUT2D eigenvalue weighted by Crippen LogP contribution is -2.52. The van der Waals surface area contributed by atoms with Crippen LogP contribution in [0.25, 0.3) is 10.9 Å². The largest absolute Gasteiger partial charge is 0.487 e. The van der Waals surface area contributed by atoms with Crippen molar-refractivity contribution in [3.8, 4) is 5.75 Å². The third-order valence-corrected chi connectivity index (χ3v) is 12.4. The summed E-state index contributed by atoms with van der Waals surface area (Å²) in [5.41, 5.74) is 9.85. The molecule has 0 spiro atoms. The number of halogens is 2. The number of amides is 2. The van der Waals surface area contributed by atoms with E-state index in [1.54, 1.807) is 35.2 Å². The van der Waals surface area contributed by atoms with Gasteiger partial charge in [-0.15, -0.1) is 0 Å². The second kappa shape index (κ2) is 15.2. The second-order valence-electron chi connectivity index (χ2n) is 13.1. The molecule has 2 aliphatic heterocycles. The Hall–Kier alpha value is -4.23. The summed E-state index contributed by atoms with van der Waals surface area (Å²) in [6.45, 7) is 4.94. The molecule has 2 saturated heterocycles. The number of hydrogen-bond acceptors (Lipinski definition) is 7. The highest BCUT2D eigenvalue weighted by Crippen LogP contribution is 2.37. The SMILES string of the molecule is Cc1cc(C)c2cccc(OCc3c(Cl)ccc(S(=O)(=O)N4CCCC4C(=O)NC4CCN(C(=O)Cc5ccc(C(=N)N)cc5)CC4)c3Cl)c2n1. The maximum Gasteiger partial charge on any atom is 0.245 e. The summed E-state index contributed by atoms with van der Waals surface area (Å²) >= 11 is 13.3. The Bertz CT molecular complexity index is 2100. The van der Waals surface area contributed by atoms with Crippen molar-refractivity contribution in [1.82, 2.24) is 19.5 Å². The first-order valence-corrected chi connectivity index (χ1v) is 19.0. The summed E-state index contributed by atoms with van der Waals surface area (Å²) in [6.07, 6.45) is 2.23. The predicted octanol–water partition coefficient (Wildman–Crippen LogP) is 5.52. The molecule has 0 radical (unpaired) electrons. The molecule has 4 aromatic rings. The van der Waals surface area contributed by atoms with E-state index in [2.05, 4.69) is 10.3 Å². The monoisotopic (exact) mass is 750 g/mol. The van der Waals surface area contributed by atoms with E-state index in [0.717, 1.165) is 22.2 Å². The number of amidine groups is 1. The van der Waals surface area contributed by atoms with Crippen LogP contribution in [0.3, 0.4) is 0 Å². The van der Waals surface area contributed by atoms with Gasteiger partial charge in [-0.25, -0.2) is 13.4 Å². The van der Waals surface area contributed by atoms with Crippen LogP contribution >= 0.6 is 23.2 Å². The summed E-state index contributed by atoms with van der Waals surface area (Å²) < 4.78 is 35.5. The fraction of sp³-hybridized carbons (Fsp3) is 0.351. The van der Waals surface area contributed by atoms with E-state index in [-0.39, 0.29) is 58.2 Å². The van der Waals surface area contributed by atoms with Crippen molar-refractivity contribution >= 4 is 61.8 Å². The van der Waals surface area contributed by atoms with Crippen LogP contribution in [-0.4, -0.2) is 72.0 Å². The highest BCUT2D eigenvalue weighted by molar-refractivity contribution is 7.89. The van der Waals surface area contributed by atoms with Gasteiger partial charge in [-0.2, -0.15) is 4.31 Å². The smallest absolute Gasteiger partial charge is 0.245 e. The zero-order valence-corrected chi connectivity index (χ0v) is 30.7. The molecule has 3 heterocycles. The van der Waals surface area contributed by atoms with Crippen LogP contribution in [0.1, 0.15) is 53.6 Å². The molecular formula is C37H40Cl2N6O5S. The van der Waals surface area contributed by atoms with Gasteiger partial charge in [-0.05, 0) is 74.9 Å². The maximum atomic E-state index is 14.1. The highest BCUT2D eigenvalue weighted by Gasteiger charge is 2.41. The molecule has 6 rings (SSSR count). The quantitative estimate of drug-likeness (QED) is 0.142. The van der Waals surface area contributed by atoms with Gasteiger partial charge >= 0.3 is 0 Å². The number of sulfonamides is 1. The van der Waals surface area contributed by atoms with Gasteiger partial charge in [0.15, 0.2) is 0 Å². The van der Waals surface area contributed by atoms with Crippen molar-refractivity contribution in [2.75, 3.05) is 19.6 Å². The van der Waals surface area contributed by atoms with Gasteiger partial charge < -0.3 is 20.7 Å². The van der Waals surface area contributed by atoms with Crippen molar-refractivity contribution in [1.29, 1.82) is 5.41 Å². The topological polar surface area (TPSA) is 159 Å². The van der Waals surface area contributed by atoms with Gasteiger partial charge in [0.05, 0.1) is 11.4 Å². The average Bonchev–Trinajstić information content (AvgIpc) is 3.60. The summed E-state index contributed by atoms with van der Waals surface area (Å²) in [7, 11) is -4.19. The first-order valence-electron chi connectivity index (χ1n) is 16.8. The summed E-state index contributed by atoms with van der Waals surface area (Å²) in [5, 5.41) is 11.7. The van der Waals surface area contributed by atoms with Crippen molar-refractivity contribution in [2.45, 2.75) is 69.5 Å². The number of pyridine rings is 1. The second-order valence-corrected chi connectivity index (χ2v) is 15.7. The first-order chi connectivity index (χ1) is 24.3. The number of ether oxygens (including phenoxy) is 1. The van der Waals surface area contributed by atoms with Gasteiger partial charge in [0, 0.05) is 52.9 Å².